The molecule has 2 aromatic heterocycles. The molecule has 0 radical (unpaired) electrons. The molecule has 7 nitrogen and oxygen atoms in total. The monoisotopic (exact) mass is 398 g/mol. The highest BCUT2D eigenvalue weighted by atomic mass is 32.1. The summed E-state index contributed by atoms with van der Waals surface area (Å²) in [7, 11) is 1.19. The van der Waals surface area contributed by atoms with E-state index < -0.39 is 29.7 Å². The molecule has 0 fully saturated rings. The fraction of sp³-hybridized carbons (Fsp3) is 0.250. The molecule has 1 aromatic carbocycles. The zero-order chi connectivity index (χ0) is 19.6. The summed E-state index contributed by atoms with van der Waals surface area (Å²) in [6, 6.07) is 2.04. The van der Waals surface area contributed by atoms with E-state index in [1.807, 2.05) is 0 Å². The number of ether oxygens (including phenoxy) is 1. The topological polar surface area (TPSA) is 86.1 Å². The van der Waals surface area contributed by atoms with Crippen LogP contribution in [0, 0.1) is 0 Å². The Morgan fingerprint density at radius 2 is 2.15 bits per heavy atom. The van der Waals surface area contributed by atoms with Gasteiger partial charge >= 0.3 is 12.1 Å². The highest BCUT2D eigenvalue weighted by molar-refractivity contribution is 7.20. The van der Waals surface area contributed by atoms with Crippen LogP contribution in [0.3, 0.4) is 0 Å². The standard InChI is InChI=1S/C16H13F3N4O3S/c1-26-15(25)11(7-23-5-4-20-8-23)21-13(24)14-22-10-3-2-9(16(17,18)19)6-12(10)27-14/h2-6,8,11H,7H2,1H3,(H,21,24). The van der Waals surface area contributed by atoms with Gasteiger partial charge in [-0.3, -0.25) is 4.79 Å². The van der Waals surface area contributed by atoms with Crippen LogP contribution in [0.1, 0.15) is 15.4 Å². The summed E-state index contributed by atoms with van der Waals surface area (Å²) in [5.74, 6) is -1.35. The van der Waals surface area contributed by atoms with Gasteiger partial charge in [0.05, 0.1) is 35.8 Å². The van der Waals surface area contributed by atoms with E-state index in [1.54, 1.807) is 10.8 Å². The van der Waals surface area contributed by atoms with Gasteiger partial charge in [-0.05, 0) is 18.2 Å². The first-order valence-electron chi connectivity index (χ1n) is 7.60. The third-order valence-electron chi connectivity index (χ3n) is 3.65. The van der Waals surface area contributed by atoms with Crippen LogP contribution in [-0.4, -0.2) is 39.6 Å². The molecule has 1 atom stereocenters. The number of benzene rings is 1. The fourth-order valence-electron chi connectivity index (χ4n) is 2.34. The van der Waals surface area contributed by atoms with E-state index in [1.165, 1.54) is 25.7 Å². The first-order valence-corrected chi connectivity index (χ1v) is 8.42. The van der Waals surface area contributed by atoms with Crippen LogP contribution in [0.25, 0.3) is 10.2 Å². The maximum absolute atomic E-state index is 12.8. The van der Waals surface area contributed by atoms with Crippen LogP contribution in [0.2, 0.25) is 0 Å². The van der Waals surface area contributed by atoms with E-state index in [0.717, 1.165) is 23.5 Å². The van der Waals surface area contributed by atoms with E-state index in [4.69, 9.17) is 0 Å². The van der Waals surface area contributed by atoms with Gasteiger partial charge < -0.3 is 14.6 Å². The number of alkyl halides is 3. The first kappa shape index (κ1) is 18.8. The van der Waals surface area contributed by atoms with E-state index in [9.17, 15) is 22.8 Å². The predicted molar refractivity (Wildman–Crippen MR) is 90.1 cm³/mol. The van der Waals surface area contributed by atoms with Crippen molar-refractivity contribution >= 4 is 33.4 Å². The van der Waals surface area contributed by atoms with Gasteiger partial charge in [-0.2, -0.15) is 13.2 Å². The third kappa shape index (κ3) is 4.25. The number of carbonyl (C=O) groups is 2. The first-order chi connectivity index (χ1) is 12.8. The minimum absolute atomic E-state index is 0.0520. The van der Waals surface area contributed by atoms with Crippen molar-refractivity contribution in [1.29, 1.82) is 0 Å². The van der Waals surface area contributed by atoms with Crippen molar-refractivity contribution in [3.63, 3.8) is 0 Å². The highest BCUT2D eigenvalue weighted by Gasteiger charge is 2.31. The van der Waals surface area contributed by atoms with Gasteiger partial charge in [0.15, 0.2) is 5.01 Å². The van der Waals surface area contributed by atoms with Crippen LogP contribution in [0.4, 0.5) is 13.2 Å². The zero-order valence-corrected chi connectivity index (χ0v) is 14.7. The Kier molecular flexibility index (Phi) is 5.13. The molecule has 3 rings (SSSR count). The van der Waals surface area contributed by atoms with Gasteiger partial charge in [-0.15, -0.1) is 11.3 Å². The SMILES string of the molecule is COC(=O)C(Cn1ccnc1)NC(=O)c1nc2ccc(C(F)(F)F)cc2s1. The van der Waals surface area contributed by atoms with Gasteiger partial charge in [0.1, 0.15) is 6.04 Å². The summed E-state index contributed by atoms with van der Waals surface area (Å²) in [5, 5.41) is 2.44. The maximum atomic E-state index is 12.8. The quantitative estimate of drug-likeness (QED) is 0.668. The molecule has 0 saturated carbocycles. The number of hydrogen-bond acceptors (Lipinski definition) is 6. The molecule has 3 aromatic rings. The van der Waals surface area contributed by atoms with Crippen molar-refractivity contribution < 1.29 is 27.5 Å². The Hall–Kier alpha value is -2.95. The number of halogens is 3. The number of nitrogens with one attached hydrogen (secondary N) is 1. The molecule has 2 heterocycles. The van der Waals surface area contributed by atoms with Crippen LogP contribution in [0.15, 0.2) is 36.9 Å². The van der Waals surface area contributed by atoms with Crippen molar-refractivity contribution in [2.45, 2.75) is 18.8 Å². The summed E-state index contributed by atoms with van der Waals surface area (Å²) >= 11 is 0.811. The number of nitrogens with zero attached hydrogens (tertiary/aromatic N) is 3. The summed E-state index contributed by atoms with van der Waals surface area (Å²) in [6.07, 6.45) is 0.111. The number of carbonyl (C=O) groups excluding carboxylic acids is 2. The lowest BCUT2D eigenvalue weighted by atomic mass is 10.2. The molecule has 0 aliphatic rings. The van der Waals surface area contributed by atoms with E-state index >= 15 is 0 Å². The molecule has 27 heavy (non-hydrogen) atoms. The number of thiazole rings is 1. The number of esters is 1. The number of aromatic nitrogens is 3. The van der Waals surface area contributed by atoms with Crippen LogP contribution in [0.5, 0.6) is 0 Å². The number of methoxy groups -OCH3 is 1. The number of fused-ring (bicyclic) bond motifs is 1. The molecule has 0 spiro atoms. The molecular formula is C16H13F3N4O3S. The number of imidazole rings is 1. The third-order valence-corrected chi connectivity index (χ3v) is 4.67. The summed E-state index contributed by atoms with van der Waals surface area (Å²) in [5.41, 5.74) is -0.555. The second kappa shape index (κ2) is 7.35. The largest absolute Gasteiger partial charge is 0.467 e. The number of amides is 1. The number of hydrogen-bond donors (Lipinski definition) is 1. The fourth-order valence-corrected chi connectivity index (χ4v) is 3.25. The Morgan fingerprint density at radius 3 is 2.78 bits per heavy atom. The van der Waals surface area contributed by atoms with Gasteiger partial charge in [0, 0.05) is 12.4 Å². The van der Waals surface area contributed by atoms with Gasteiger partial charge in [0.2, 0.25) is 0 Å². The van der Waals surface area contributed by atoms with Crippen molar-refractivity contribution in [2.24, 2.45) is 0 Å². The molecule has 142 valence electrons. The second-order valence-electron chi connectivity index (χ2n) is 5.51. The van der Waals surface area contributed by atoms with Crippen molar-refractivity contribution in [1.82, 2.24) is 19.9 Å². The van der Waals surface area contributed by atoms with Crippen LogP contribution in [-0.2, 0) is 22.3 Å². The van der Waals surface area contributed by atoms with E-state index in [0.29, 0.717) is 0 Å². The Balaban J connectivity index is 1.82. The minimum Gasteiger partial charge on any atom is -0.467 e. The lowest BCUT2D eigenvalue weighted by Gasteiger charge is -2.16. The van der Waals surface area contributed by atoms with Crippen molar-refractivity contribution in [3.8, 4) is 0 Å². The Labute approximate surface area is 154 Å². The summed E-state index contributed by atoms with van der Waals surface area (Å²) in [6.45, 7) is 0.0849. The minimum atomic E-state index is -4.48. The normalized spacial score (nSPS) is 12.7. The zero-order valence-electron chi connectivity index (χ0n) is 13.9. The summed E-state index contributed by atoms with van der Waals surface area (Å²) in [4.78, 5) is 32.2. The smallest absolute Gasteiger partial charge is 0.416 e. The Morgan fingerprint density at radius 1 is 1.37 bits per heavy atom. The lowest BCUT2D eigenvalue weighted by molar-refractivity contribution is -0.143. The van der Waals surface area contributed by atoms with Crippen LogP contribution < -0.4 is 5.32 Å². The molecule has 1 unspecified atom stereocenters. The molecule has 0 aliphatic carbocycles. The predicted octanol–water partition coefficient (Wildman–Crippen LogP) is 2.48. The van der Waals surface area contributed by atoms with Gasteiger partial charge in [0.25, 0.3) is 5.91 Å². The highest BCUT2D eigenvalue weighted by Crippen LogP contribution is 2.33. The van der Waals surface area contributed by atoms with Crippen LogP contribution >= 0.6 is 11.3 Å². The molecule has 0 saturated heterocycles. The van der Waals surface area contributed by atoms with Gasteiger partial charge in [-0.25, -0.2) is 14.8 Å². The molecule has 11 heteroatoms. The van der Waals surface area contributed by atoms with E-state index in [2.05, 4.69) is 20.0 Å². The molecule has 1 N–H and O–H groups in total. The molecule has 0 bridgehead atoms. The van der Waals surface area contributed by atoms with Gasteiger partial charge in [-0.1, -0.05) is 0 Å². The number of rotatable bonds is 5. The average Bonchev–Trinajstić information content (AvgIpc) is 3.28. The summed E-state index contributed by atoms with van der Waals surface area (Å²) < 4.78 is 44.9. The average molecular weight is 398 g/mol. The molecular weight excluding hydrogens is 385 g/mol. The Bertz CT molecular complexity index is 969. The lowest BCUT2D eigenvalue weighted by Crippen LogP contribution is -2.44. The maximum Gasteiger partial charge on any atom is 0.416 e. The molecule has 1 amide bonds. The van der Waals surface area contributed by atoms with E-state index in [-0.39, 0.29) is 21.8 Å². The molecule has 0 aliphatic heterocycles. The van der Waals surface area contributed by atoms with Crippen molar-refractivity contribution in [2.75, 3.05) is 7.11 Å². The second-order valence-corrected chi connectivity index (χ2v) is 6.54. The van der Waals surface area contributed by atoms with Crippen molar-refractivity contribution in [3.05, 3.63) is 47.5 Å².